The molecule has 0 saturated heterocycles. The molecule has 0 unspecified atom stereocenters. The van der Waals surface area contributed by atoms with Gasteiger partial charge in [-0.25, -0.2) is 9.97 Å². The number of aryl methyl sites for hydroxylation is 1. The van der Waals surface area contributed by atoms with Crippen LogP contribution in [0.1, 0.15) is 12.6 Å². The van der Waals surface area contributed by atoms with E-state index in [4.69, 9.17) is 0 Å². The molecule has 0 saturated carbocycles. The first-order chi connectivity index (χ1) is 9.78. The summed E-state index contributed by atoms with van der Waals surface area (Å²) < 4.78 is 3.79. The minimum atomic E-state index is 0.654. The average Bonchev–Trinajstić information content (AvgIpc) is 3.05. The predicted octanol–water partition coefficient (Wildman–Crippen LogP) is 1.51. The average molecular weight is 271 g/mol. The molecule has 0 amide bonds. The Morgan fingerprint density at radius 1 is 1.25 bits per heavy atom. The Hall–Kier alpha value is -2.57. The van der Waals surface area contributed by atoms with E-state index < -0.39 is 0 Å². The number of aromatic nitrogens is 5. The summed E-state index contributed by atoms with van der Waals surface area (Å²) in [6.07, 6.45) is 7.39. The fraction of sp³-hybridized carbons (Fsp3) is 0.308. The van der Waals surface area contributed by atoms with Crippen LogP contribution >= 0.6 is 0 Å². The van der Waals surface area contributed by atoms with Gasteiger partial charge in [-0.2, -0.15) is 5.10 Å². The molecular formula is C13H17N7. The van der Waals surface area contributed by atoms with E-state index in [2.05, 4.69) is 25.7 Å². The van der Waals surface area contributed by atoms with E-state index in [9.17, 15) is 0 Å². The standard InChI is InChI=1S/C13H17N7/c1-3-14-11-9-20-7-6-15-13(20)12(18-11)16-8-10-4-5-17-19(10)2/h4-7,9,14H,3,8H2,1-2H3,(H,16,18). The van der Waals surface area contributed by atoms with Gasteiger partial charge in [0.1, 0.15) is 5.82 Å². The highest BCUT2D eigenvalue weighted by molar-refractivity contribution is 5.65. The Bertz CT molecular complexity index is 712. The van der Waals surface area contributed by atoms with Crippen LogP contribution in [0.4, 0.5) is 11.6 Å². The first-order valence-corrected chi connectivity index (χ1v) is 6.56. The summed E-state index contributed by atoms with van der Waals surface area (Å²) in [4.78, 5) is 8.89. The lowest BCUT2D eigenvalue weighted by atomic mass is 10.4. The highest BCUT2D eigenvalue weighted by atomic mass is 15.3. The first-order valence-electron chi connectivity index (χ1n) is 6.56. The van der Waals surface area contributed by atoms with Crippen molar-refractivity contribution in [1.29, 1.82) is 0 Å². The Labute approximate surface area is 116 Å². The van der Waals surface area contributed by atoms with Gasteiger partial charge >= 0.3 is 0 Å². The van der Waals surface area contributed by atoms with Crippen LogP contribution in [0.5, 0.6) is 0 Å². The molecule has 0 aromatic carbocycles. The van der Waals surface area contributed by atoms with Crippen LogP contribution < -0.4 is 10.6 Å². The van der Waals surface area contributed by atoms with Crippen molar-refractivity contribution < 1.29 is 0 Å². The highest BCUT2D eigenvalue weighted by Crippen LogP contribution is 2.17. The van der Waals surface area contributed by atoms with E-state index in [1.54, 1.807) is 12.4 Å². The van der Waals surface area contributed by atoms with Gasteiger partial charge in [-0.1, -0.05) is 0 Å². The smallest absolute Gasteiger partial charge is 0.180 e. The molecule has 104 valence electrons. The highest BCUT2D eigenvalue weighted by Gasteiger charge is 2.08. The van der Waals surface area contributed by atoms with Crippen LogP contribution in [0.3, 0.4) is 0 Å². The van der Waals surface area contributed by atoms with E-state index in [0.717, 1.165) is 29.5 Å². The zero-order valence-electron chi connectivity index (χ0n) is 11.5. The van der Waals surface area contributed by atoms with Gasteiger partial charge in [-0.05, 0) is 13.0 Å². The fourth-order valence-corrected chi connectivity index (χ4v) is 2.07. The van der Waals surface area contributed by atoms with Gasteiger partial charge in [0.2, 0.25) is 0 Å². The lowest BCUT2D eigenvalue weighted by molar-refractivity contribution is 0.720. The molecule has 0 aliphatic heterocycles. The summed E-state index contributed by atoms with van der Waals surface area (Å²) in [5, 5.41) is 10.7. The summed E-state index contributed by atoms with van der Waals surface area (Å²) in [5.41, 5.74) is 1.90. The molecule has 0 aliphatic carbocycles. The van der Waals surface area contributed by atoms with Crippen LogP contribution in [0.25, 0.3) is 5.65 Å². The van der Waals surface area contributed by atoms with Crippen LogP contribution in [0.15, 0.2) is 30.9 Å². The van der Waals surface area contributed by atoms with E-state index >= 15 is 0 Å². The Kier molecular flexibility index (Phi) is 3.24. The Balaban J connectivity index is 1.89. The summed E-state index contributed by atoms with van der Waals surface area (Å²) in [7, 11) is 1.92. The molecule has 0 aliphatic rings. The topological polar surface area (TPSA) is 72.1 Å². The van der Waals surface area contributed by atoms with Gasteiger partial charge in [-0.3, -0.25) is 4.68 Å². The van der Waals surface area contributed by atoms with Crippen LogP contribution in [0.2, 0.25) is 0 Å². The zero-order valence-corrected chi connectivity index (χ0v) is 11.5. The molecule has 0 atom stereocenters. The van der Waals surface area contributed by atoms with Crippen molar-refractivity contribution in [1.82, 2.24) is 24.1 Å². The number of anilines is 2. The maximum atomic E-state index is 4.56. The normalized spacial score (nSPS) is 10.9. The quantitative estimate of drug-likeness (QED) is 0.736. The lowest BCUT2D eigenvalue weighted by Crippen LogP contribution is -2.09. The number of imidazole rings is 1. The van der Waals surface area contributed by atoms with E-state index in [1.165, 1.54) is 0 Å². The number of rotatable bonds is 5. The van der Waals surface area contributed by atoms with Gasteiger partial charge in [0, 0.05) is 32.2 Å². The van der Waals surface area contributed by atoms with Crippen molar-refractivity contribution in [3.8, 4) is 0 Å². The van der Waals surface area contributed by atoms with E-state index in [1.807, 2.05) is 41.5 Å². The number of nitrogens with one attached hydrogen (secondary N) is 2. The molecule has 20 heavy (non-hydrogen) atoms. The molecule has 3 heterocycles. The molecule has 0 spiro atoms. The zero-order chi connectivity index (χ0) is 13.9. The van der Waals surface area contributed by atoms with Crippen LogP contribution in [-0.2, 0) is 13.6 Å². The first kappa shape index (κ1) is 12.5. The van der Waals surface area contributed by atoms with Gasteiger partial charge in [0.25, 0.3) is 0 Å². The van der Waals surface area contributed by atoms with Crippen LogP contribution in [0, 0.1) is 0 Å². The number of hydrogen-bond acceptors (Lipinski definition) is 5. The van der Waals surface area contributed by atoms with Crippen molar-refractivity contribution in [2.45, 2.75) is 13.5 Å². The van der Waals surface area contributed by atoms with E-state index in [-0.39, 0.29) is 0 Å². The SMILES string of the molecule is CCNc1cn2ccnc2c(NCc2ccnn2C)n1. The molecule has 2 N–H and O–H groups in total. The second-order valence-electron chi connectivity index (χ2n) is 4.46. The van der Waals surface area contributed by atoms with Crippen molar-refractivity contribution >= 4 is 17.3 Å². The van der Waals surface area contributed by atoms with Crippen molar-refractivity contribution in [2.75, 3.05) is 17.2 Å². The summed E-state index contributed by atoms with van der Waals surface area (Å²) in [6.45, 7) is 3.53. The van der Waals surface area contributed by atoms with Gasteiger partial charge in [0.05, 0.1) is 18.4 Å². The largest absolute Gasteiger partial charge is 0.369 e. The molecule has 3 aromatic rings. The third kappa shape index (κ3) is 2.29. The summed E-state index contributed by atoms with van der Waals surface area (Å²) >= 11 is 0. The van der Waals surface area contributed by atoms with Crippen molar-refractivity contribution in [3.05, 3.63) is 36.5 Å². The van der Waals surface area contributed by atoms with Gasteiger partial charge < -0.3 is 15.0 Å². The minimum Gasteiger partial charge on any atom is -0.369 e. The van der Waals surface area contributed by atoms with Crippen LogP contribution in [-0.4, -0.2) is 30.7 Å². The third-order valence-electron chi connectivity index (χ3n) is 3.09. The minimum absolute atomic E-state index is 0.654. The third-order valence-corrected chi connectivity index (χ3v) is 3.09. The molecule has 3 rings (SSSR count). The number of nitrogens with zero attached hydrogens (tertiary/aromatic N) is 5. The molecular weight excluding hydrogens is 254 g/mol. The predicted molar refractivity (Wildman–Crippen MR) is 77.7 cm³/mol. The number of fused-ring (bicyclic) bond motifs is 1. The summed E-state index contributed by atoms with van der Waals surface area (Å²) in [6, 6.07) is 1.98. The van der Waals surface area contributed by atoms with E-state index in [0.29, 0.717) is 6.54 Å². The summed E-state index contributed by atoms with van der Waals surface area (Å²) in [5.74, 6) is 1.58. The van der Waals surface area contributed by atoms with Crippen molar-refractivity contribution in [2.24, 2.45) is 7.05 Å². The molecule has 7 nitrogen and oxygen atoms in total. The Morgan fingerprint density at radius 2 is 2.15 bits per heavy atom. The molecule has 7 heteroatoms. The fourth-order valence-electron chi connectivity index (χ4n) is 2.07. The molecule has 0 radical (unpaired) electrons. The Morgan fingerprint density at radius 3 is 2.90 bits per heavy atom. The molecule has 0 bridgehead atoms. The second-order valence-corrected chi connectivity index (χ2v) is 4.46. The number of hydrogen-bond donors (Lipinski definition) is 2. The van der Waals surface area contributed by atoms with Crippen molar-refractivity contribution in [3.63, 3.8) is 0 Å². The molecule has 3 aromatic heterocycles. The molecule has 0 fully saturated rings. The maximum Gasteiger partial charge on any atom is 0.180 e. The second kappa shape index (κ2) is 5.20. The monoisotopic (exact) mass is 271 g/mol. The maximum absolute atomic E-state index is 4.56. The van der Waals surface area contributed by atoms with Gasteiger partial charge in [0.15, 0.2) is 11.5 Å². The van der Waals surface area contributed by atoms with Gasteiger partial charge in [-0.15, -0.1) is 0 Å². The lowest BCUT2D eigenvalue weighted by Gasteiger charge is -2.10.